The highest BCUT2D eigenvalue weighted by atomic mass is 16.5. The van der Waals surface area contributed by atoms with Crippen molar-refractivity contribution in [2.75, 3.05) is 6.61 Å². The summed E-state index contributed by atoms with van der Waals surface area (Å²) in [6.07, 6.45) is 6.03. The van der Waals surface area contributed by atoms with E-state index in [2.05, 4.69) is 19.9 Å². The number of nitrogens with zero attached hydrogens (tertiary/aromatic N) is 4. The highest BCUT2D eigenvalue weighted by molar-refractivity contribution is 5.68. The molecule has 2 aromatic rings. The molecular weight excluding hydrogens is 224 g/mol. The Morgan fingerprint density at radius 3 is 2.88 bits per heavy atom. The number of ether oxygens (including phenoxy) is 1. The normalized spacial score (nSPS) is 9.88. The van der Waals surface area contributed by atoms with Gasteiger partial charge in [0.05, 0.1) is 6.20 Å². The van der Waals surface area contributed by atoms with Crippen LogP contribution in [0.15, 0.2) is 30.9 Å². The highest BCUT2D eigenvalue weighted by Gasteiger charge is 2.05. The maximum Gasteiger partial charge on any atom is 0.341 e. The topological polar surface area (TPSA) is 98.1 Å². The quantitative estimate of drug-likeness (QED) is 0.814. The number of rotatable bonds is 4. The molecule has 2 rings (SSSR count). The molecule has 0 atom stereocenters. The Balaban J connectivity index is 2.20. The molecule has 0 aliphatic rings. The molecule has 1 N–H and O–H groups in total. The first kappa shape index (κ1) is 10.9. The summed E-state index contributed by atoms with van der Waals surface area (Å²) in [7, 11) is 0. The van der Waals surface area contributed by atoms with Gasteiger partial charge in [0.25, 0.3) is 0 Å². The van der Waals surface area contributed by atoms with E-state index >= 15 is 0 Å². The molecule has 17 heavy (non-hydrogen) atoms. The van der Waals surface area contributed by atoms with Crippen molar-refractivity contribution in [1.29, 1.82) is 0 Å². The first-order valence-corrected chi connectivity index (χ1v) is 4.70. The molecular formula is C10H8N4O3. The lowest BCUT2D eigenvalue weighted by atomic mass is 10.4. The number of hydrogen-bond donors (Lipinski definition) is 1. The van der Waals surface area contributed by atoms with Gasteiger partial charge in [-0.05, 0) is 0 Å². The van der Waals surface area contributed by atoms with Crippen LogP contribution in [0.4, 0.5) is 0 Å². The van der Waals surface area contributed by atoms with E-state index in [1.807, 2.05) is 0 Å². The predicted octanol–water partition coefficient (Wildman–Crippen LogP) is 0.397. The largest absolute Gasteiger partial charge is 0.479 e. The van der Waals surface area contributed by atoms with Gasteiger partial charge < -0.3 is 9.84 Å². The van der Waals surface area contributed by atoms with Crippen LogP contribution in [0.1, 0.15) is 0 Å². The van der Waals surface area contributed by atoms with Crippen molar-refractivity contribution in [3.05, 3.63) is 30.9 Å². The standard InChI is InChI=1S/C10H8N4O3/c15-9(16)6-17-8-1-2-13-10(14-8)7-5-11-3-4-12-7/h1-5H,6H2,(H,15,16). The number of aromatic nitrogens is 4. The summed E-state index contributed by atoms with van der Waals surface area (Å²) < 4.78 is 4.93. The zero-order valence-corrected chi connectivity index (χ0v) is 8.65. The molecule has 0 saturated carbocycles. The fraction of sp³-hybridized carbons (Fsp3) is 0.100. The van der Waals surface area contributed by atoms with Crippen LogP contribution in [0.2, 0.25) is 0 Å². The molecule has 2 aromatic heterocycles. The van der Waals surface area contributed by atoms with Crippen LogP contribution >= 0.6 is 0 Å². The highest BCUT2D eigenvalue weighted by Crippen LogP contribution is 2.13. The van der Waals surface area contributed by atoms with Crippen LogP contribution in [0.5, 0.6) is 5.88 Å². The summed E-state index contributed by atoms with van der Waals surface area (Å²) in [6, 6.07) is 1.48. The Morgan fingerprint density at radius 1 is 1.29 bits per heavy atom. The predicted molar refractivity (Wildman–Crippen MR) is 56.2 cm³/mol. The summed E-state index contributed by atoms with van der Waals surface area (Å²) in [4.78, 5) is 26.3. The van der Waals surface area contributed by atoms with Crippen molar-refractivity contribution in [2.24, 2.45) is 0 Å². The van der Waals surface area contributed by atoms with Crippen LogP contribution in [0, 0.1) is 0 Å². The van der Waals surface area contributed by atoms with E-state index in [1.54, 1.807) is 0 Å². The molecule has 0 spiro atoms. The van der Waals surface area contributed by atoms with E-state index in [-0.39, 0.29) is 5.88 Å². The van der Waals surface area contributed by atoms with Crippen molar-refractivity contribution in [1.82, 2.24) is 19.9 Å². The van der Waals surface area contributed by atoms with Gasteiger partial charge in [-0.2, -0.15) is 4.98 Å². The van der Waals surface area contributed by atoms with Crippen LogP contribution in [-0.4, -0.2) is 37.6 Å². The van der Waals surface area contributed by atoms with Crippen LogP contribution in [0.3, 0.4) is 0 Å². The number of aliphatic carboxylic acids is 1. The van der Waals surface area contributed by atoms with Gasteiger partial charge >= 0.3 is 5.97 Å². The molecule has 0 aliphatic heterocycles. The number of carbonyl (C=O) groups is 1. The summed E-state index contributed by atoms with van der Waals surface area (Å²) in [5.74, 6) is -0.547. The molecule has 0 aliphatic carbocycles. The lowest BCUT2D eigenvalue weighted by molar-refractivity contribution is -0.139. The second-order valence-electron chi connectivity index (χ2n) is 2.99. The van der Waals surface area contributed by atoms with E-state index in [1.165, 1.54) is 30.9 Å². The van der Waals surface area contributed by atoms with Gasteiger partial charge in [-0.1, -0.05) is 0 Å². The molecule has 7 nitrogen and oxygen atoms in total. The Labute approximate surface area is 96.2 Å². The van der Waals surface area contributed by atoms with Crippen molar-refractivity contribution < 1.29 is 14.6 Å². The maximum absolute atomic E-state index is 10.3. The monoisotopic (exact) mass is 232 g/mol. The molecule has 0 aromatic carbocycles. The molecule has 0 amide bonds. The number of hydrogen-bond acceptors (Lipinski definition) is 6. The fourth-order valence-electron chi connectivity index (χ4n) is 1.10. The second kappa shape index (κ2) is 4.97. The van der Waals surface area contributed by atoms with Gasteiger partial charge in [0.2, 0.25) is 5.88 Å². The zero-order valence-electron chi connectivity index (χ0n) is 8.65. The zero-order chi connectivity index (χ0) is 12.1. The minimum Gasteiger partial charge on any atom is -0.479 e. The molecule has 86 valence electrons. The third-order valence-corrected chi connectivity index (χ3v) is 1.77. The molecule has 0 radical (unpaired) electrons. The third kappa shape index (κ3) is 2.94. The lowest BCUT2D eigenvalue weighted by Crippen LogP contribution is -2.10. The first-order chi connectivity index (χ1) is 8.25. The van der Waals surface area contributed by atoms with Crippen LogP contribution in [0.25, 0.3) is 11.5 Å². The minimum atomic E-state index is -1.07. The lowest BCUT2D eigenvalue weighted by Gasteiger charge is -2.03. The maximum atomic E-state index is 10.3. The minimum absolute atomic E-state index is 0.183. The molecule has 0 saturated heterocycles. The summed E-state index contributed by atoms with van der Waals surface area (Å²) in [5.41, 5.74) is 0.494. The smallest absolute Gasteiger partial charge is 0.341 e. The fourth-order valence-corrected chi connectivity index (χ4v) is 1.10. The molecule has 0 fully saturated rings. The summed E-state index contributed by atoms with van der Waals surface area (Å²) in [6.45, 7) is -0.447. The van der Waals surface area contributed by atoms with Gasteiger partial charge in [-0.25, -0.2) is 14.8 Å². The van der Waals surface area contributed by atoms with Gasteiger partial charge in [-0.15, -0.1) is 0 Å². The van der Waals surface area contributed by atoms with Crippen LogP contribution < -0.4 is 4.74 Å². The van der Waals surface area contributed by atoms with E-state index in [0.717, 1.165) is 0 Å². The average Bonchev–Trinajstić information content (AvgIpc) is 2.38. The molecule has 0 unspecified atom stereocenters. The third-order valence-electron chi connectivity index (χ3n) is 1.77. The van der Waals surface area contributed by atoms with Crippen molar-refractivity contribution in [3.8, 4) is 17.4 Å². The van der Waals surface area contributed by atoms with Gasteiger partial charge in [0.15, 0.2) is 12.4 Å². The molecule has 7 heteroatoms. The Morgan fingerprint density at radius 2 is 2.18 bits per heavy atom. The molecule has 2 heterocycles. The Bertz CT molecular complexity index is 518. The van der Waals surface area contributed by atoms with E-state index in [9.17, 15) is 4.79 Å². The van der Waals surface area contributed by atoms with Gasteiger partial charge in [0, 0.05) is 24.7 Å². The SMILES string of the molecule is O=C(O)COc1ccnc(-c2cnccn2)n1. The van der Waals surface area contributed by atoms with Gasteiger partial charge in [0.1, 0.15) is 5.69 Å². The van der Waals surface area contributed by atoms with E-state index in [4.69, 9.17) is 9.84 Å². The Kier molecular flexibility index (Phi) is 3.20. The number of carboxylic acid groups (broad SMARTS) is 1. The van der Waals surface area contributed by atoms with Crippen molar-refractivity contribution in [3.63, 3.8) is 0 Å². The van der Waals surface area contributed by atoms with E-state index in [0.29, 0.717) is 11.5 Å². The van der Waals surface area contributed by atoms with Crippen molar-refractivity contribution in [2.45, 2.75) is 0 Å². The summed E-state index contributed by atoms with van der Waals surface area (Å²) in [5, 5.41) is 8.47. The average molecular weight is 232 g/mol. The van der Waals surface area contributed by atoms with Gasteiger partial charge in [-0.3, -0.25) is 4.98 Å². The Hall–Kier alpha value is -2.57. The molecule has 0 bridgehead atoms. The number of carboxylic acids is 1. The summed E-state index contributed by atoms with van der Waals surface area (Å²) >= 11 is 0. The van der Waals surface area contributed by atoms with Crippen LogP contribution in [-0.2, 0) is 4.79 Å². The van der Waals surface area contributed by atoms with E-state index < -0.39 is 12.6 Å². The van der Waals surface area contributed by atoms with Crippen molar-refractivity contribution >= 4 is 5.97 Å². The second-order valence-corrected chi connectivity index (χ2v) is 2.99. The first-order valence-electron chi connectivity index (χ1n) is 4.70.